The lowest BCUT2D eigenvalue weighted by atomic mass is 10.1. The fraction of sp³-hybridized carbons (Fsp3) is 0.211. The van der Waals surface area contributed by atoms with Crippen LogP contribution in [0, 0.1) is 0 Å². The highest BCUT2D eigenvalue weighted by atomic mass is 16.1. The van der Waals surface area contributed by atoms with E-state index in [1.165, 1.54) is 0 Å². The predicted molar refractivity (Wildman–Crippen MR) is 88.6 cm³/mol. The smallest absolute Gasteiger partial charge is 0.190 e. The Labute approximate surface area is 124 Å². The fourth-order valence-corrected chi connectivity index (χ4v) is 2.73. The molecule has 0 radical (unpaired) electrons. The van der Waals surface area contributed by atoms with Crippen LogP contribution in [0.2, 0.25) is 0 Å². The standard InChI is InChI=1S/C19H19NO/c1-2-3-13-20-17-12-8-7-11-16(17)19(21)14-18(20)15-9-5-4-6-10-15/h4-12,14H,2-3,13H2,1H3. The summed E-state index contributed by atoms with van der Waals surface area (Å²) in [5.74, 6) is 0. The molecule has 2 aromatic carbocycles. The SMILES string of the molecule is CCCCn1c(-c2ccccc2)cc(=O)c2ccccc21. The molecule has 0 unspecified atom stereocenters. The van der Waals surface area contributed by atoms with Crippen LogP contribution >= 0.6 is 0 Å². The van der Waals surface area contributed by atoms with Crippen molar-refractivity contribution in [1.29, 1.82) is 0 Å². The van der Waals surface area contributed by atoms with Crippen molar-refractivity contribution in [2.24, 2.45) is 0 Å². The minimum atomic E-state index is 0.0946. The molecule has 0 aliphatic heterocycles. The minimum Gasteiger partial charge on any atom is -0.340 e. The molecule has 0 saturated carbocycles. The lowest BCUT2D eigenvalue weighted by molar-refractivity contribution is 0.651. The Balaban J connectivity index is 2.30. The number of aryl methyl sites for hydroxylation is 1. The summed E-state index contributed by atoms with van der Waals surface area (Å²) in [5, 5.41) is 0.799. The zero-order valence-electron chi connectivity index (χ0n) is 12.3. The van der Waals surface area contributed by atoms with Crippen LogP contribution in [-0.2, 0) is 6.54 Å². The Hall–Kier alpha value is -2.35. The van der Waals surface area contributed by atoms with Crippen molar-refractivity contribution in [3.8, 4) is 11.3 Å². The summed E-state index contributed by atoms with van der Waals surface area (Å²) in [7, 11) is 0. The highest BCUT2D eigenvalue weighted by Gasteiger charge is 2.09. The normalized spacial score (nSPS) is 10.9. The molecule has 0 N–H and O–H groups in total. The third-order valence-corrected chi connectivity index (χ3v) is 3.82. The zero-order chi connectivity index (χ0) is 14.7. The van der Waals surface area contributed by atoms with Crippen molar-refractivity contribution in [2.45, 2.75) is 26.3 Å². The topological polar surface area (TPSA) is 22.0 Å². The Morgan fingerprint density at radius 2 is 1.67 bits per heavy atom. The van der Waals surface area contributed by atoms with Crippen LogP contribution < -0.4 is 5.43 Å². The number of nitrogens with zero attached hydrogens (tertiary/aromatic N) is 1. The fourth-order valence-electron chi connectivity index (χ4n) is 2.73. The molecule has 0 amide bonds. The number of rotatable bonds is 4. The molecule has 1 aromatic heterocycles. The summed E-state index contributed by atoms with van der Waals surface area (Å²) < 4.78 is 2.27. The monoisotopic (exact) mass is 277 g/mol. The van der Waals surface area contributed by atoms with E-state index in [-0.39, 0.29) is 5.43 Å². The third kappa shape index (κ3) is 2.62. The molecule has 0 saturated heterocycles. The van der Waals surface area contributed by atoms with Gasteiger partial charge < -0.3 is 4.57 Å². The number of unbranched alkanes of at least 4 members (excludes halogenated alkanes) is 1. The van der Waals surface area contributed by atoms with Gasteiger partial charge in [-0.05, 0) is 24.1 Å². The lowest BCUT2D eigenvalue weighted by Gasteiger charge is -2.17. The van der Waals surface area contributed by atoms with Gasteiger partial charge in [-0.2, -0.15) is 0 Å². The van der Waals surface area contributed by atoms with Gasteiger partial charge in [-0.15, -0.1) is 0 Å². The number of fused-ring (bicyclic) bond motifs is 1. The molecule has 0 bridgehead atoms. The van der Waals surface area contributed by atoms with Crippen molar-refractivity contribution in [2.75, 3.05) is 0 Å². The van der Waals surface area contributed by atoms with Crippen molar-refractivity contribution in [3.05, 3.63) is 70.9 Å². The van der Waals surface area contributed by atoms with Gasteiger partial charge in [0.05, 0.1) is 11.2 Å². The number of hydrogen-bond acceptors (Lipinski definition) is 1. The van der Waals surface area contributed by atoms with E-state index < -0.39 is 0 Å². The summed E-state index contributed by atoms with van der Waals surface area (Å²) in [6.07, 6.45) is 2.24. The molecule has 3 aromatic rings. The van der Waals surface area contributed by atoms with E-state index in [2.05, 4.69) is 23.6 Å². The molecule has 0 aliphatic carbocycles. The second-order valence-corrected chi connectivity index (χ2v) is 5.28. The van der Waals surface area contributed by atoms with Crippen LogP contribution in [0.4, 0.5) is 0 Å². The molecule has 3 rings (SSSR count). The van der Waals surface area contributed by atoms with Gasteiger partial charge >= 0.3 is 0 Å². The second-order valence-electron chi connectivity index (χ2n) is 5.28. The van der Waals surface area contributed by atoms with Crippen LogP contribution in [0.15, 0.2) is 65.5 Å². The van der Waals surface area contributed by atoms with Gasteiger partial charge in [-0.3, -0.25) is 4.79 Å². The van der Waals surface area contributed by atoms with Gasteiger partial charge in [0.15, 0.2) is 5.43 Å². The second kappa shape index (κ2) is 5.96. The Morgan fingerprint density at radius 3 is 2.43 bits per heavy atom. The molecule has 0 fully saturated rings. The summed E-state index contributed by atoms with van der Waals surface area (Å²) in [5.41, 5.74) is 3.22. The van der Waals surface area contributed by atoms with Crippen LogP contribution in [0.25, 0.3) is 22.2 Å². The van der Waals surface area contributed by atoms with Gasteiger partial charge in [0, 0.05) is 18.0 Å². The van der Waals surface area contributed by atoms with E-state index in [0.717, 1.165) is 41.5 Å². The molecule has 21 heavy (non-hydrogen) atoms. The van der Waals surface area contributed by atoms with E-state index in [1.807, 2.05) is 42.5 Å². The first-order valence-corrected chi connectivity index (χ1v) is 7.49. The number of hydrogen-bond donors (Lipinski definition) is 0. The van der Waals surface area contributed by atoms with Crippen molar-refractivity contribution < 1.29 is 0 Å². The number of pyridine rings is 1. The van der Waals surface area contributed by atoms with E-state index >= 15 is 0 Å². The molecular weight excluding hydrogens is 258 g/mol. The first-order chi connectivity index (χ1) is 10.3. The highest BCUT2D eigenvalue weighted by molar-refractivity contribution is 5.82. The van der Waals surface area contributed by atoms with E-state index in [9.17, 15) is 4.79 Å². The largest absolute Gasteiger partial charge is 0.340 e. The third-order valence-electron chi connectivity index (χ3n) is 3.82. The van der Waals surface area contributed by atoms with Crippen molar-refractivity contribution >= 4 is 10.9 Å². The lowest BCUT2D eigenvalue weighted by Crippen LogP contribution is -2.12. The molecule has 0 spiro atoms. The molecule has 106 valence electrons. The maximum atomic E-state index is 12.4. The molecule has 2 nitrogen and oxygen atoms in total. The van der Waals surface area contributed by atoms with E-state index in [1.54, 1.807) is 6.07 Å². The highest BCUT2D eigenvalue weighted by Crippen LogP contribution is 2.23. The molecule has 1 heterocycles. The van der Waals surface area contributed by atoms with Gasteiger partial charge in [0.1, 0.15) is 0 Å². The van der Waals surface area contributed by atoms with Crippen molar-refractivity contribution in [1.82, 2.24) is 4.57 Å². The molecule has 2 heteroatoms. The molecule has 0 aliphatic rings. The Bertz CT molecular complexity index is 803. The van der Waals surface area contributed by atoms with Gasteiger partial charge in [0.2, 0.25) is 0 Å². The average Bonchev–Trinajstić information content (AvgIpc) is 2.55. The molecular formula is C19H19NO. The maximum absolute atomic E-state index is 12.4. The Kier molecular flexibility index (Phi) is 3.87. The number of benzene rings is 2. The first kappa shape index (κ1) is 13.6. The zero-order valence-corrected chi connectivity index (χ0v) is 12.3. The van der Waals surface area contributed by atoms with Gasteiger partial charge in [-0.1, -0.05) is 55.8 Å². The summed E-state index contributed by atoms with van der Waals surface area (Å²) in [6, 6.07) is 19.8. The van der Waals surface area contributed by atoms with Gasteiger partial charge in [0.25, 0.3) is 0 Å². The summed E-state index contributed by atoms with van der Waals surface area (Å²) >= 11 is 0. The van der Waals surface area contributed by atoms with Crippen molar-refractivity contribution in [3.63, 3.8) is 0 Å². The first-order valence-electron chi connectivity index (χ1n) is 7.49. The van der Waals surface area contributed by atoms with E-state index in [4.69, 9.17) is 0 Å². The van der Waals surface area contributed by atoms with Gasteiger partial charge in [-0.25, -0.2) is 0 Å². The van der Waals surface area contributed by atoms with Crippen LogP contribution in [0.5, 0.6) is 0 Å². The number of aromatic nitrogens is 1. The van der Waals surface area contributed by atoms with E-state index in [0.29, 0.717) is 0 Å². The van der Waals surface area contributed by atoms with Crippen LogP contribution in [-0.4, -0.2) is 4.57 Å². The number of para-hydroxylation sites is 1. The quantitative estimate of drug-likeness (QED) is 0.689. The summed E-state index contributed by atoms with van der Waals surface area (Å²) in [4.78, 5) is 12.4. The molecule has 0 atom stereocenters. The van der Waals surface area contributed by atoms with Crippen LogP contribution in [0.3, 0.4) is 0 Å². The Morgan fingerprint density at radius 1 is 0.952 bits per heavy atom. The maximum Gasteiger partial charge on any atom is 0.190 e. The minimum absolute atomic E-state index is 0.0946. The average molecular weight is 277 g/mol. The summed E-state index contributed by atoms with van der Waals surface area (Å²) in [6.45, 7) is 3.12. The van der Waals surface area contributed by atoms with Crippen LogP contribution in [0.1, 0.15) is 19.8 Å². The predicted octanol–water partition coefficient (Wildman–Crippen LogP) is 4.47.